The summed E-state index contributed by atoms with van der Waals surface area (Å²) in [6.45, 7) is 20.7. The molecular formula is C32H55FN4O4. The zero-order valence-corrected chi connectivity index (χ0v) is 27.5. The molecule has 0 aliphatic heterocycles. The minimum absolute atomic E-state index is 0.0509. The maximum absolute atomic E-state index is 14.8. The molecule has 1 amide bonds. The number of halogens is 1. The number of nitrogens with zero attached hydrogens (tertiary/aromatic N) is 2. The van der Waals surface area contributed by atoms with Crippen molar-refractivity contribution in [2.75, 3.05) is 48.0 Å². The number of amides is 1. The fraction of sp³-hybridized carbons (Fsp3) is 0.531. The second-order valence-electron chi connectivity index (χ2n) is 8.99. The number of nitrogens with one attached hydrogen (secondary N) is 2. The van der Waals surface area contributed by atoms with Crippen LogP contribution in [0.2, 0.25) is 0 Å². The third-order valence-corrected chi connectivity index (χ3v) is 4.82. The normalized spacial score (nSPS) is 10.8. The highest BCUT2D eigenvalue weighted by Crippen LogP contribution is 2.37. The monoisotopic (exact) mass is 578 g/mol. The predicted molar refractivity (Wildman–Crippen MR) is 173 cm³/mol. The summed E-state index contributed by atoms with van der Waals surface area (Å²) in [7, 11) is 6.93. The Morgan fingerprint density at radius 2 is 1.80 bits per heavy atom. The molecule has 9 heteroatoms. The van der Waals surface area contributed by atoms with Crippen LogP contribution in [0.3, 0.4) is 0 Å². The maximum atomic E-state index is 14.8. The molecule has 0 heterocycles. The van der Waals surface area contributed by atoms with Crippen LogP contribution >= 0.6 is 0 Å². The van der Waals surface area contributed by atoms with Crippen molar-refractivity contribution in [1.82, 2.24) is 15.5 Å². The molecule has 0 saturated carbocycles. The van der Waals surface area contributed by atoms with Gasteiger partial charge >= 0.3 is 0 Å². The Kier molecular flexibility index (Phi) is 27.7. The Labute approximate surface area is 248 Å². The summed E-state index contributed by atoms with van der Waals surface area (Å²) in [6.07, 6.45) is 8.95. The molecule has 2 N–H and O–H groups in total. The molecule has 1 aromatic rings. The van der Waals surface area contributed by atoms with E-state index in [0.29, 0.717) is 54.8 Å². The molecular weight excluding hydrogens is 523 g/mol. The summed E-state index contributed by atoms with van der Waals surface area (Å²) < 4.78 is 25.4. The Morgan fingerprint density at radius 1 is 1.20 bits per heavy atom. The summed E-state index contributed by atoms with van der Waals surface area (Å²) in [5.74, 6) is 0.593. The van der Waals surface area contributed by atoms with E-state index in [4.69, 9.17) is 9.47 Å². The first-order valence-electron chi connectivity index (χ1n) is 13.9. The van der Waals surface area contributed by atoms with Gasteiger partial charge in [-0.15, -0.1) is 0 Å². The van der Waals surface area contributed by atoms with Crippen LogP contribution in [0, 0.1) is 18.7 Å². The quantitative estimate of drug-likeness (QED) is 0.121. The number of aldehydes is 1. The number of ether oxygens (including phenoxy) is 2. The Hall–Kier alpha value is -3.30. The first kappa shape index (κ1) is 42.2. The zero-order chi connectivity index (χ0) is 32.4. The number of rotatable bonds is 13. The van der Waals surface area contributed by atoms with Crippen LogP contribution in [-0.4, -0.2) is 71.3 Å². The van der Waals surface area contributed by atoms with Crippen molar-refractivity contribution in [1.29, 1.82) is 0 Å². The van der Waals surface area contributed by atoms with Gasteiger partial charge in [-0.25, -0.2) is 4.39 Å². The van der Waals surface area contributed by atoms with Gasteiger partial charge in [0.1, 0.15) is 24.5 Å². The number of methoxy groups -OCH3 is 1. The van der Waals surface area contributed by atoms with Gasteiger partial charge in [-0.1, -0.05) is 46.4 Å². The topological polar surface area (TPSA) is 92.3 Å². The number of benzene rings is 1. The van der Waals surface area contributed by atoms with E-state index in [1.807, 2.05) is 85.7 Å². The second kappa shape index (κ2) is 26.9. The van der Waals surface area contributed by atoms with Crippen molar-refractivity contribution in [2.45, 2.75) is 61.8 Å². The summed E-state index contributed by atoms with van der Waals surface area (Å²) in [5, 5.41) is 5.64. The first-order chi connectivity index (χ1) is 19.4. The number of hydrogen-bond donors (Lipinski definition) is 2. The van der Waals surface area contributed by atoms with E-state index in [1.165, 1.54) is 6.07 Å². The van der Waals surface area contributed by atoms with Crippen molar-refractivity contribution < 1.29 is 23.5 Å². The third-order valence-electron chi connectivity index (χ3n) is 4.82. The number of carbonyl (C=O) groups excluding carboxylic acids is 2. The first-order valence-corrected chi connectivity index (χ1v) is 13.9. The lowest BCUT2D eigenvalue weighted by Crippen LogP contribution is -2.30. The van der Waals surface area contributed by atoms with Gasteiger partial charge in [0, 0.05) is 49.8 Å². The molecule has 0 saturated heterocycles. The minimum Gasteiger partial charge on any atom is -0.491 e. The Morgan fingerprint density at radius 3 is 2.17 bits per heavy atom. The van der Waals surface area contributed by atoms with Gasteiger partial charge in [-0.05, 0) is 53.8 Å². The predicted octanol–water partition coefficient (Wildman–Crippen LogP) is 6.47. The van der Waals surface area contributed by atoms with E-state index < -0.39 is 5.82 Å². The smallest absolute Gasteiger partial charge is 0.233 e. The minimum atomic E-state index is -0.438. The maximum Gasteiger partial charge on any atom is 0.233 e. The molecule has 0 spiro atoms. The average Bonchev–Trinajstić information content (AvgIpc) is 2.92. The van der Waals surface area contributed by atoms with Crippen LogP contribution in [0.1, 0.15) is 66.0 Å². The van der Waals surface area contributed by atoms with E-state index in [0.717, 1.165) is 17.5 Å². The zero-order valence-electron chi connectivity index (χ0n) is 27.5. The molecule has 1 rings (SSSR count). The van der Waals surface area contributed by atoms with Crippen LogP contribution in [0.4, 0.5) is 10.1 Å². The fourth-order valence-electron chi connectivity index (χ4n) is 2.86. The lowest BCUT2D eigenvalue weighted by molar-refractivity contribution is -0.121. The van der Waals surface area contributed by atoms with Crippen LogP contribution in [0.5, 0.6) is 5.75 Å². The number of allylic oxidation sites excluding steroid dienone is 3. The molecule has 8 nitrogen and oxygen atoms in total. The highest BCUT2D eigenvalue weighted by Gasteiger charge is 2.19. The van der Waals surface area contributed by atoms with Gasteiger partial charge in [0.2, 0.25) is 5.91 Å². The summed E-state index contributed by atoms with van der Waals surface area (Å²) >= 11 is 0. The summed E-state index contributed by atoms with van der Waals surface area (Å²) in [4.78, 5) is 26.2. The molecule has 0 aromatic heterocycles. The van der Waals surface area contributed by atoms with E-state index in [-0.39, 0.29) is 5.91 Å². The number of hydrogen-bond acceptors (Lipinski definition) is 7. The van der Waals surface area contributed by atoms with E-state index >= 15 is 0 Å². The van der Waals surface area contributed by atoms with Gasteiger partial charge in [0.15, 0.2) is 0 Å². The van der Waals surface area contributed by atoms with Crippen molar-refractivity contribution in [2.24, 2.45) is 10.9 Å². The van der Waals surface area contributed by atoms with Crippen LogP contribution in [-0.2, 0) is 14.3 Å². The molecule has 0 unspecified atom stereocenters. The largest absolute Gasteiger partial charge is 0.491 e. The van der Waals surface area contributed by atoms with E-state index in [1.54, 1.807) is 27.3 Å². The van der Waals surface area contributed by atoms with E-state index in [2.05, 4.69) is 22.2 Å². The van der Waals surface area contributed by atoms with Crippen molar-refractivity contribution >= 4 is 29.8 Å². The van der Waals surface area contributed by atoms with Crippen LogP contribution in [0.25, 0.3) is 5.70 Å². The standard InChI is InChI=1S/C20H27FN2O2.C5H12N2O.C5H10O.C2H6/c1-7-10-16(8-2)23-15(5)19-17(21)13-18(25-12-11-24-6)14(4)20(19)22-9-3;1-6-5(8)4-7(2)3;1-5(2)3-4-6;1-2/h7-10,13,23H,5,11-12H2,1-4,6H3;4H2,1-3H3,(H,6,8);4-5H,3H2,1-2H3;1-2H3/b10-7-,16-8+,22-9?;;;. The van der Waals surface area contributed by atoms with Gasteiger partial charge in [0.05, 0.1) is 24.4 Å². The lowest BCUT2D eigenvalue weighted by atomic mass is 10.0. The molecule has 0 atom stereocenters. The van der Waals surface area contributed by atoms with Crippen LogP contribution in [0.15, 0.2) is 41.6 Å². The highest BCUT2D eigenvalue weighted by molar-refractivity contribution is 5.80. The Balaban J connectivity index is -0.000000738. The van der Waals surface area contributed by atoms with Crippen molar-refractivity contribution in [3.63, 3.8) is 0 Å². The third kappa shape index (κ3) is 20.3. The van der Waals surface area contributed by atoms with Crippen molar-refractivity contribution in [3.8, 4) is 5.75 Å². The molecule has 1 aromatic carbocycles. The molecule has 234 valence electrons. The van der Waals surface area contributed by atoms with Crippen LogP contribution < -0.4 is 15.4 Å². The molecule has 0 fully saturated rings. The molecule has 0 aliphatic carbocycles. The molecule has 0 aliphatic rings. The van der Waals surface area contributed by atoms with Gasteiger partial charge in [0.25, 0.3) is 0 Å². The van der Waals surface area contributed by atoms with E-state index in [9.17, 15) is 14.0 Å². The van der Waals surface area contributed by atoms with Gasteiger partial charge in [-0.3, -0.25) is 9.79 Å². The summed E-state index contributed by atoms with van der Waals surface area (Å²) in [5.41, 5.74) is 2.86. The summed E-state index contributed by atoms with van der Waals surface area (Å²) in [6, 6.07) is 1.37. The lowest BCUT2D eigenvalue weighted by Gasteiger charge is -2.18. The molecule has 0 bridgehead atoms. The second-order valence-corrected chi connectivity index (χ2v) is 8.99. The molecule has 41 heavy (non-hydrogen) atoms. The fourth-order valence-corrected chi connectivity index (χ4v) is 2.86. The SMILES string of the molecule is C=C(NC(/C=C\C)=C/C)c1c(F)cc(OCCOC)c(C)c1N=CC.CC.CC(C)CC=O.CNC(=O)CN(C)C. The van der Waals surface area contributed by atoms with Gasteiger partial charge < -0.3 is 29.8 Å². The van der Waals surface area contributed by atoms with Gasteiger partial charge in [-0.2, -0.15) is 0 Å². The highest BCUT2D eigenvalue weighted by atomic mass is 19.1. The number of likely N-dealkylation sites (N-methyl/N-ethyl adjacent to an activating group) is 2. The Bertz CT molecular complexity index is 971. The van der Waals surface area contributed by atoms with Crippen molar-refractivity contribution in [3.05, 3.63) is 53.5 Å². The number of aliphatic imine (C=N–C) groups is 1. The molecule has 0 radical (unpaired) electrons. The average molecular weight is 579 g/mol. The number of carbonyl (C=O) groups is 2.